The molecule has 2 aromatic carbocycles. The third-order valence-corrected chi connectivity index (χ3v) is 8.33. The Hall–Kier alpha value is -2.82. The van der Waals surface area contributed by atoms with Gasteiger partial charge in [0.2, 0.25) is 10.0 Å². The molecule has 174 valence electrons. The number of thioether (sulfide) groups is 1. The van der Waals surface area contributed by atoms with Crippen molar-refractivity contribution in [1.82, 2.24) is 14.3 Å². The molecule has 8 nitrogen and oxygen atoms in total. The number of esters is 1. The van der Waals surface area contributed by atoms with Crippen LogP contribution in [0.1, 0.15) is 13.3 Å². The minimum Gasteiger partial charge on any atom is -0.497 e. The Bertz CT molecular complexity index is 1240. The molecule has 1 N–H and O–H groups in total. The van der Waals surface area contributed by atoms with E-state index in [2.05, 4.69) is 9.71 Å². The van der Waals surface area contributed by atoms with Gasteiger partial charge in [-0.25, -0.2) is 13.4 Å². The summed E-state index contributed by atoms with van der Waals surface area (Å²) in [5.41, 5.74) is 1.02. The van der Waals surface area contributed by atoms with Gasteiger partial charge in [-0.05, 0) is 42.3 Å². The summed E-state index contributed by atoms with van der Waals surface area (Å²) >= 11 is 1.46. The predicted octanol–water partition coefficient (Wildman–Crippen LogP) is 3.24. The van der Waals surface area contributed by atoms with Gasteiger partial charge in [0.15, 0.2) is 5.16 Å². The van der Waals surface area contributed by atoms with E-state index < -0.39 is 27.6 Å². The third kappa shape index (κ3) is 5.23. The quantitative estimate of drug-likeness (QED) is 0.385. The zero-order valence-electron chi connectivity index (χ0n) is 18.5. The normalized spacial score (nSPS) is 20.6. The number of imidazole rings is 1. The van der Waals surface area contributed by atoms with Crippen molar-refractivity contribution in [2.24, 2.45) is 7.05 Å². The van der Waals surface area contributed by atoms with Crippen molar-refractivity contribution in [2.45, 2.75) is 35.0 Å². The number of sulfonamides is 1. The number of hydrogen-bond acceptors (Lipinski definition) is 7. The summed E-state index contributed by atoms with van der Waals surface area (Å²) in [5.74, 6) is 0.644. The Kier molecular flexibility index (Phi) is 6.51. The van der Waals surface area contributed by atoms with Crippen LogP contribution in [0.15, 0.2) is 71.0 Å². The lowest BCUT2D eigenvalue weighted by Crippen LogP contribution is -2.38. The van der Waals surface area contributed by atoms with Crippen molar-refractivity contribution in [3.05, 3.63) is 60.9 Å². The second kappa shape index (κ2) is 9.20. The van der Waals surface area contributed by atoms with Crippen LogP contribution in [0.4, 0.5) is 0 Å². The van der Waals surface area contributed by atoms with E-state index in [1.807, 2.05) is 42.1 Å². The first-order valence-corrected chi connectivity index (χ1v) is 12.8. The number of hydrogen-bond donors (Lipinski definition) is 1. The Morgan fingerprint density at radius 2 is 1.82 bits per heavy atom. The largest absolute Gasteiger partial charge is 0.497 e. The van der Waals surface area contributed by atoms with Crippen LogP contribution in [0.25, 0.3) is 11.1 Å². The van der Waals surface area contributed by atoms with Crippen LogP contribution in [0, 0.1) is 0 Å². The van der Waals surface area contributed by atoms with Crippen LogP contribution in [0.3, 0.4) is 0 Å². The number of aryl methyl sites for hydroxylation is 1. The van der Waals surface area contributed by atoms with Crippen molar-refractivity contribution < 1.29 is 22.7 Å². The number of aromatic nitrogens is 2. The topological polar surface area (TPSA) is 99.5 Å². The molecule has 2 heterocycles. The molecule has 33 heavy (non-hydrogen) atoms. The second-order valence-electron chi connectivity index (χ2n) is 8.11. The monoisotopic (exact) mass is 487 g/mol. The summed E-state index contributed by atoms with van der Waals surface area (Å²) in [6.07, 6.45) is 3.77. The molecule has 2 unspecified atom stereocenters. The smallest absolute Gasteiger partial charge is 0.324 e. The van der Waals surface area contributed by atoms with Crippen LogP contribution in [0.2, 0.25) is 0 Å². The molecular formula is C23H25N3O5S2. The molecule has 0 amide bonds. The average Bonchev–Trinajstić information content (AvgIpc) is 3.34. The van der Waals surface area contributed by atoms with E-state index in [-0.39, 0.29) is 11.3 Å². The van der Waals surface area contributed by atoms with Gasteiger partial charge in [0.25, 0.3) is 0 Å². The number of benzene rings is 2. The molecule has 1 aliphatic rings. The van der Waals surface area contributed by atoms with E-state index in [9.17, 15) is 13.2 Å². The first kappa shape index (κ1) is 23.3. The van der Waals surface area contributed by atoms with Crippen molar-refractivity contribution in [3.8, 4) is 16.9 Å². The van der Waals surface area contributed by atoms with E-state index in [1.54, 1.807) is 32.4 Å². The fourth-order valence-corrected chi connectivity index (χ4v) is 5.82. The highest BCUT2D eigenvalue weighted by Crippen LogP contribution is 2.33. The summed E-state index contributed by atoms with van der Waals surface area (Å²) < 4.78 is 40.9. The number of carbonyl (C=O) groups is 1. The highest BCUT2D eigenvalue weighted by atomic mass is 32.2. The number of rotatable bonds is 8. The SMILES string of the molecule is COc1ccc(-c2ccc(S(=O)(=O)NC3CC(C)(CSc4nccn4C)OC3=O)cc2)cc1. The molecule has 1 aromatic heterocycles. The molecule has 4 rings (SSSR count). The van der Waals surface area contributed by atoms with Crippen LogP contribution in [-0.2, 0) is 26.6 Å². The Morgan fingerprint density at radius 1 is 1.18 bits per heavy atom. The van der Waals surface area contributed by atoms with Gasteiger partial charge >= 0.3 is 5.97 Å². The number of cyclic esters (lactones) is 1. The van der Waals surface area contributed by atoms with E-state index >= 15 is 0 Å². The highest BCUT2D eigenvalue weighted by Gasteiger charge is 2.45. The Morgan fingerprint density at radius 3 is 2.39 bits per heavy atom. The molecule has 2 atom stereocenters. The average molecular weight is 488 g/mol. The molecule has 0 spiro atoms. The van der Waals surface area contributed by atoms with Gasteiger partial charge in [-0.1, -0.05) is 36.0 Å². The lowest BCUT2D eigenvalue weighted by atomic mass is 10.0. The van der Waals surface area contributed by atoms with Crippen molar-refractivity contribution in [1.29, 1.82) is 0 Å². The molecule has 0 radical (unpaired) electrons. The fourth-order valence-electron chi connectivity index (χ4n) is 3.62. The maximum absolute atomic E-state index is 12.9. The molecular weight excluding hydrogens is 462 g/mol. The van der Waals surface area contributed by atoms with Crippen LogP contribution in [0.5, 0.6) is 5.75 Å². The number of carbonyl (C=O) groups excluding carboxylic acids is 1. The lowest BCUT2D eigenvalue weighted by molar-refractivity contribution is -0.146. The van der Waals surface area contributed by atoms with Gasteiger partial charge in [0, 0.05) is 31.6 Å². The van der Waals surface area contributed by atoms with Crippen molar-refractivity contribution in [2.75, 3.05) is 12.9 Å². The van der Waals surface area contributed by atoms with E-state index in [4.69, 9.17) is 9.47 Å². The zero-order valence-corrected chi connectivity index (χ0v) is 20.2. The first-order valence-electron chi connectivity index (χ1n) is 10.3. The van der Waals surface area contributed by atoms with Gasteiger partial charge in [0.1, 0.15) is 17.4 Å². The lowest BCUT2D eigenvalue weighted by Gasteiger charge is -2.21. The predicted molar refractivity (Wildman–Crippen MR) is 126 cm³/mol. The maximum atomic E-state index is 12.9. The van der Waals surface area contributed by atoms with Crippen LogP contribution < -0.4 is 9.46 Å². The molecule has 0 bridgehead atoms. The number of methoxy groups -OCH3 is 1. The number of nitrogens with zero attached hydrogens (tertiary/aromatic N) is 2. The molecule has 3 aromatic rings. The van der Waals surface area contributed by atoms with Gasteiger partial charge in [-0.15, -0.1) is 0 Å². The minimum absolute atomic E-state index is 0.0866. The molecule has 0 saturated carbocycles. The first-order chi connectivity index (χ1) is 15.7. The molecule has 1 fully saturated rings. The minimum atomic E-state index is -3.90. The maximum Gasteiger partial charge on any atom is 0.324 e. The Labute approximate surface area is 197 Å². The molecule has 1 aliphatic heterocycles. The summed E-state index contributed by atoms with van der Waals surface area (Å²) in [5, 5.41) is 0.799. The summed E-state index contributed by atoms with van der Waals surface area (Å²) in [7, 11) is -0.410. The van der Waals surface area contributed by atoms with Crippen LogP contribution >= 0.6 is 11.8 Å². The fraction of sp³-hybridized carbons (Fsp3) is 0.304. The van der Waals surface area contributed by atoms with Gasteiger partial charge in [0.05, 0.1) is 12.0 Å². The van der Waals surface area contributed by atoms with E-state index in [0.717, 1.165) is 22.0 Å². The van der Waals surface area contributed by atoms with Gasteiger partial charge in [-0.3, -0.25) is 4.79 Å². The standard InChI is InChI=1S/C23H25N3O5S2/c1-23(15-32-22-24-12-13-26(22)2)14-20(21(27)31-23)25-33(28,29)19-10-6-17(7-11-19)16-4-8-18(30-3)9-5-16/h4-13,20,25H,14-15H2,1-3H3. The summed E-state index contributed by atoms with van der Waals surface area (Å²) in [4.78, 5) is 16.8. The number of ether oxygens (including phenoxy) is 2. The van der Waals surface area contributed by atoms with Crippen LogP contribution in [-0.4, -0.2) is 48.4 Å². The zero-order chi connectivity index (χ0) is 23.6. The van der Waals surface area contributed by atoms with E-state index in [1.165, 1.54) is 23.9 Å². The summed E-state index contributed by atoms with van der Waals surface area (Å²) in [6.45, 7) is 1.80. The third-order valence-electron chi connectivity index (χ3n) is 5.44. The van der Waals surface area contributed by atoms with Crippen molar-refractivity contribution in [3.63, 3.8) is 0 Å². The summed E-state index contributed by atoms with van der Waals surface area (Å²) in [6, 6.07) is 13.1. The highest BCUT2D eigenvalue weighted by molar-refractivity contribution is 7.99. The van der Waals surface area contributed by atoms with Gasteiger partial charge < -0.3 is 14.0 Å². The number of nitrogens with one attached hydrogen (secondary N) is 1. The Balaban J connectivity index is 1.42. The van der Waals surface area contributed by atoms with Crippen molar-refractivity contribution >= 4 is 27.8 Å². The second-order valence-corrected chi connectivity index (χ2v) is 10.8. The molecule has 10 heteroatoms. The molecule has 0 aliphatic carbocycles. The van der Waals surface area contributed by atoms with Gasteiger partial charge in [-0.2, -0.15) is 4.72 Å². The molecule has 1 saturated heterocycles. The van der Waals surface area contributed by atoms with E-state index in [0.29, 0.717) is 5.75 Å².